The van der Waals surface area contributed by atoms with Crippen LogP contribution in [0.25, 0.3) is 0 Å². The van der Waals surface area contributed by atoms with Gasteiger partial charge in [0.25, 0.3) is 0 Å². The largest absolute Gasteiger partial charge is 0.573 e. The monoisotopic (exact) mass is 284 g/mol. The molecular weight excluding hydrogens is 273 g/mol. The molecule has 1 heterocycles. The Morgan fingerprint density at radius 1 is 1.00 bits per heavy atom. The first kappa shape index (κ1) is 14.1. The van der Waals surface area contributed by atoms with Crippen LogP contribution < -0.4 is 15.2 Å². The van der Waals surface area contributed by atoms with Crippen LogP contribution in [0.2, 0.25) is 0 Å². The number of nitrogens with zero attached hydrogens (tertiary/aromatic N) is 1. The molecule has 0 saturated carbocycles. The van der Waals surface area contributed by atoms with Crippen LogP contribution in [-0.2, 0) is 6.54 Å². The van der Waals surface area contributed by atoms with Crippen molar-refractivity contribution < 1.29 is 22.6 Å². The molecule has 0 amide bonds. The van der Waals surface area contributed by atoms with Gasteiger partial charge >= 0.3 is 6.36 Å². The highest BCUT2D eigenvalue weighted by Gasteiger charge is 2.30. The van der Waals surface area contributed by atoms with Gasteiger partial charge in [-0.05, 0) is 30.3 Å². The lowest BCUT2D eigenvalue weighted by molar-refractivity contribution is -0.274. The number of nitrogens with two attached hydrogens (primary N) is 1. The highest BCUT2D eigenvalue weighted by atomic mass is 19.4. The summed E-state index contributed by atoms with van der Waals surface area (Å²) in [6.07, 6.45) is -4.71. The van der Waals surface area contributed by atoms with E-state index >= 15 is 0 Å². The Balaban J connectivity index is 2.06. The second-order valence-electron chi connectivity index (χ2n) is 3.79. The van der Waals surface area contributed by atoms with Crippen molar-refractivity contribution in [2.75, 3.05) is 0 Å². The fraction of sp³-hybridized carbons (Fsp3) is 0.154. The minimum Gasteiger partial charge on any atom is -0.439 e. The zero-order valence-corrected chi connectivity index (χ0v) is 10.2. The fourth-order valence-corrected chi connectivity index (χ4v) is 1.46. The molecule has 0 aliphatic rings. The maximum Gasteiger partial charge on any atom is 0.573 e. The molecule has 0 bridgehead atoms. The second kappa shape index (κ2) is 5.79. The van der Waals surface area contributed by atoms with Crippen LogP contribution in [0.1, 0.15) is 5.69 Å². The van der Waals surface area contributed by atoms with Crippen molar-refractivity contribution in [3.63, 3.8) is 0 Å². The van der Waals surface area contributed by atoms with E-state index in [0.29, 0.717) is 17.3 Å². The van der Waals surface area contributed by atoms with Gasteiger partial charge in [0, 0.05) is 12.6 Å². The first-order valence-corrected chi connectivity index (χ1v) is 5.66. The van der Waals surface area contributed by atoms with Gasteiger partial charge in [-0.3, -0.25) is 0 Å². The van der Waals surface area contributed by atoms with Crippen LogP contribution >= 0.6 is 0 Å². The van der Waals surface area contributed by atoms with Crippen LogP contribution in [0.5, 0.6) is 17.4 Å². The van der Waals surface area contributed by atoms with Gasteiger partial charge < -0.3 is 15.2 Å². The van der Waals surface area contributed by atoms with Gasteiger partial charge in [0.2, 0.25) is 5.88 Å². The fourth-order valence-electron chi connectivity index (χ4n) is 1.46. The molecule has 20 heavy (non-hydrogen) atoms. The molecule has 7 heteroatoms. The van der Waals surface area contributed by atoms with E-state index in [2.05, 4.69) is 9.72 Å². The van der Waals surface area contributed by atoms with Crippen LogP contribution in [0, 0.1) is 0 Å². The first-order chi connectivity index (χ1) is 9.46. The molecule has 0 saturated heterocycles. The molecular formula is C13H11F3N2O2. The predicted octanol–water partition coefficient (Wildman–Crippen LogP) is 3.23. The van der Waals surface area contributed by atoms with Crippen molar-refractivity contribution in [3.8, 4) is 17.4 Å². The Kier molecular flexibility index (Phi) is 4.09. The van der Waals surface area contributed by atoms with Crippen LogP contribution in [0.3, 0.4) is 0 Å². The summed E-state index contributed by atoms with van der Waals surface area (Å²) in [5, 5.41) is 0. The average Bonchev–Trinajstić information content (AvgIpc) is 2.40. The molecule has 4 nitrogen and oxygen atoms in total. The summed E-state index contributed by atoms with van der Waals surface area (Å²) in [6.45, 7) is 0.273. The molecule has 0 fully saturated rings. The summed E-state index contributed by atoms with van der Waals surface area (Å²) in [6, 6.07) is 10.1. The minimum atomic E-state index is -4.71. The number of ether oxygens (including phenoxy) is 2. The zero-order chi connectivity index (χ0) is 14.6. The molecule has 2 rings (SSSR count). The third-order valence-electron chi connectivity index (χ3n) is 2.27. The number of hydrogen-bond acceptors (Lipinski definition) is 4. The lowest BCUT2D eigenvalue weighted by atomic mass is 10.3. The predicted molar refractivity (Wildman–Crippen MR) is 65.3 cm³/mol. The Morgan fingerprint density at radius 2 is 1.65 bits per heavy atom. The Bertz CT molecular complexity index is 571. The van der Waals surface area contributed by atoms with Crippen LogP contribution in [0.4, 0.5) is 13.2 Å². The lowest BCUT2D eigenvalue weighted by Gasteiger charge is -2.10. The Hall–Kier alpha value is -2.28. The number of alkyl halides is 3. The molecule has 106 valence electrons. The molecule has 0 aliphatic carbocycles. The van der Waals surface area contributed by atoms with Gasteiger partial charge in [-0.25, -0.2) is 4.98 Å². The van der Waals surface area contributed by atoms with E-state index < -0.39 is 6.36 Å². The smallest absolute Gasteiger partial charge is 0.439 e. The van der Waals surface area contributed by atoms with Crippen molar-refractivity contribution in [2.24, 2.45) is 5.73 Å². The summed E-state index contributed by atoms with van der Waals surface area (Å²) >= 11 is 0. The third kappa shape index (κ3) is 4.13. The average molecular weight is 284 g/mol. The number of rotatable bonds is 4. The molecule has 0 radical (unpaired) electrons. The van der Waals surface area contributed by atoms with E-state index in [9.17, 15) is 13.2 Å². The van der Waals surface area contributed by atoms with E-state index in [4.69, 9.17) is 10.5 Å². The number of hydrogen-bond donors (Lipinski definition) is 1. The van der Waals surface area contributed by atoms with Gasteiger partial charge in [0.1, 0.15) is 11.5 Å². The van der Waals surface area contributed by atoms with Crippen LogP contribution in [0.15, 0.2) is 42.5 Å². The number of halogens is 3. The van der Waals surface area contributed by atoms with Gasteiger partial charge in [-0.2, -0.15) is 0 Å². The SMILES string of the molecule is NCc1cccc(Oc2ccc(OC(F)(F)F)cc2)n1. The molecule has 2 aromatic rings. The van der Waals surface area contributed by atoms with Gasteiger partial charge in [-0.15, -0.1) is 13.2 Å². The normalized spacial score (nSPS) is 11.2. The van der Waals surface area contributed by atoms with Gasteiger partial charge in [-0.1, -0.05) is 6.07 Å². The van der Waals surface area contributed by atoms with E-state index in [1.807, 2.05) is 0 Å². The summed E-state index contributed by atoms with van der Waals surface area (Å²) in [5.74, 6) is 0.354. The number of aromatic nitrogens is 1. The number of pyridine rings is 1. The molecule has 0 aliphatic heterocycles. The van der Waals surface area contributed by atoms with Crippen molar-refractivity contribution in [3.05, 3.63) is 48.2 Å². The highest BCUT2D eigenvalue weighted by Crippen LogP contribution is 2.26. The molecule has 1 aromatic heterocycles. The van der Waals surface area contributed by atoms with E-state index in [1.165, 1.54) is 12.1 Å². The second-order valence-corrected chi connectivity index (χ2v) is 3.79. The standard InChI is InChI=1S/C13H11F3N2O2/c14-13(15,16)20-11-6-4-10(5-7-11)19-12-3-1-2-9(8-17)18-12/h1-7H,8,17H2. The maximum absolute atomic E-state index is 12.0. The Morgan fingerprint density at radius 3 is 2.25 bits per heavy atom. The summed E-state index contributed by atoms with van der Waals surface area (Å²) < 4.78 is 45.1. The third-order valence-corrected chi connectivity index (χ3v) is 2.27. The van der Waals surface area contributed by atoms with E-state index in [-0.39, 0.29) is 12.3 Å². The highest BCUT2D eigenvalue weighted by molar-refractivity contribution is 5.33. The minimum absolute atomic E-state index is 0.273. The lowest BCUT2D eigenvalue weighted by Crippen LogP contribution is -2.16. The number of benzene rings is 1. The topological polar surface area (TPSA) is 57.4 Å². The van der Waals surface area contributed by atoms with Crippen LogP contribution in [-0.4, -0.2) is 11.3 Å². The van der Waals surface area contributed by atoms with Crippen molar-refractivity contribution in [2.45, 2.75) is 12.9 Å². The molecule has 0 atom stereocenters. The maximum atomic E-state index is 12.0. The zero-order valence-electron chi connectivity index (χ0n) is 10.2. The van der Waals surface area contributed by atoms with Crippen molar-refractivity contribution >= 4 is 0 Å². The summed E-state index contributed by atoms with van der Waals surface area (Å²) in [4.78, 5) is 4.11. The molecule has 2 N–H and O–H groups in total. The molecule has 1 aromatic carbocycles. The van der Waals surface area contributed by atoms with Gasteiger partial charge in [0.05, 0.1) is 5.69 Å². The van der Waals surface area contributed by atoms with Crippen molar-refractivity contribution in [1.29, 1.82) is 0 Å². The summed E-state index contributed by atoms with van der Waals surface area (Å²) in [7, 11) is 0. The first-order valence-electron chi connectivity index (χ1n) is 5.66. The Labute approximate surface area is 113 Å². The van der Waals surface area contributed by atoms with E-state index in [0.717, 1.165) is 12.1 Å². The van der Waals surface area contributed by atoms with Crippen molar-refractivity contribution in [1.82, 2.24) is 4.98 Å². The van der Waals surface area contributed by atoms with E-state index in [1.54, 1.807) is 18.2 Å². The molecule has 0 spiro atoms. The summed E-state index contributed by atoms with van der Waals surface area (Å²) in [5.41, 5.74) is 6.10. The quantitative estimate of drug-likeness (QED) is 0.936. The molecule has 0 unspecified atom stereocenters. The van der Waals surface area contributed by atoms with Gasteiger partial charge in [0.15, 0.2) is 0 Å².